The number of anilines is 1. The van der Waals surface area contributed by atoms with Crippen molar-refractivity contribution in [1.82, 2.24) is 5.32 Å². The van der Waals surface area contributed by atoms with Gasteiger partial charge in [-0.25, -0.2) is 0 Å². The molecule has 0 bridgehead atoms. The molecule has 140 valence electrons. The number of aromatic hydroxyl groups is 1. The molecule has 0 aliphatic carbocycles. The Morgan fingerprint density at radius 2 is 1.82 bits per heavy atom. The first-order valence-corrected chi connectivity index (χ1v) is 9.71. The van der Waals surface area contributed by atoms with Crippen LogP contribution in [0.3, 0.4) is 0 Å². The third-order valence-corrected chi connectivity index (χ3v) is 5.95. The summed E-state index contributed by atoms with van der Waals surface area (Å²) in [5.74, 6) is 0.239. The quantitative estimate of drug-likeness (QED) is 0.695. The monoisotopic (exact) mass is 390 g/mol. The van der Waals surface area contributed by atoms with Gasteiger partial charge in [-0.1, -0.05) is 48.0 Å². The van der Waals surface area contributed by atoms with Gasteiger partial charge in [-0.2, -0.15) is 0 Å². The standard InChI is InChI=1S/C23H19ClN2O2/c24-17-7-5-15(6-8-17)14-26-21-4-2-1-3-20(21)23(22(26)28)19-10-9-18(27)13-16(19)11-12-25-23/h1-10,13,25,27H,11-12,14H2. The number of benzene rings is 3. The fourth-order valence-corrected chi connectivity index (χ4v) is 4.57. The van der Waals surface area contributed by atoms with Crippen molar-refractivity contribution in [2.24, 2.45) is 0 Å². The zero-order valence-electron chi connectivity index (χ0n) is 15.2. The van der Waals surface area contributed by atoms with Crippen LogP contribution in [0.5, 0.6) is 5.75 Å². The van der Waals surface area contributed by atoms with Crippen LogP contribution in [0.4, 0.5) is 5.69 Å². The molecule has 0 radical (unpaired) electrons. The highest BCUT2D eigenvalue weighted by Crippen LogP contribution is 2.47. The van der Waals surface area contributed by atoms with Crippen molar-refractivity contribution in [1.29, 1.82) is 0 Å². The predicted molar refractivity (Wildman–Crippen MR) is 110 cm³/mol. The second-order valence-electron chi connectivity index (χ2n) is 7.30. The zero-order chi connectivity index (χ0) is 19.3. The highest BCUT2D eigenvalue weighted by Gasteiger charge is 2.53. The normalized spacial score (nSPS) is 20.3. The number of rotatable bonds is 2. The van der Waals surface area contributed by atoms with Crippen LogP contribution >= 0.6 is 11.6 Å². The fraction of sp³-hybridized carbons (Fsp3) is 0.174. The van der Waals surface area contributed by atoms with Crippen LogP contribution in [0, 0.1) is 0 Å². The van der Waals surface area contributed by atoms with Gasteiger partial charge in [0, 0.05) is 17.1 Å². The molecule has 28 heavy (non-hydrogen) atoms. The van der Waals surface area contributed by atoms with Crippen LogP contribution < -0.4 is 10.2 Å². The van der Waals surface area contributed by atoms with Gasteiger partial charge in [0.25, 0.3) is 5.91 Å². The molecule has 1 spiro atoms. The summed E-state index contributed by atoms with van der Waals surface area (Å²) in [6, 6.07) is 20.8. The second-order valence-corrected chi connectivity index (χ2v) is 7.74. The van der Waals surface area contributed by atoms with Crippen molar-refractivity contribution < 1.29 is 9.90 Å². The van der Waals surface area contributed by atoms with E-state index < -0.39 is 5.54 Å². The number of carbonyl (C=O) groups excluding carboxylic acids is 1. The van der Waals surface area contributed by atoms with E-state index in [-0.39, 0.29) is 11.7 Å². The lowest BCUT2D eigenvalue weighted by atomic mass is 9.78. The number of amides is 1. The fourth-order valence-electron chi connectivity index (χ4n) is 4.45. The number of nitrogens with one attached hydrogen (secondary N) is 1. The average Bonchev–Trinajstić information content (AvgIpc) is 2.93. The Hall–Kier alpha value is -2.82. The number of para-hydroxylation sites is 1. The summed E-state index contributed by atoms with van der Waals surface area (Å²) in [4.78, 5) is 15.7. The predicted octanol–water partition coefficient (Wildman–Crippen LogP) is 3.98. The maximum absolute atomic E-state index is 13.8. The van der Waals surface area contributed by atoms with Gasteiger partial charge in [-0.15, -0.1) is 0 Å². The molecule has 4 nitrogen and oxygen atoms in total. The van der Waals surface area contributed by atoms with Gasteiger partial charge in [-0.05, 0) is 53.4 Å². The first-order chi connectivity index (χ1) is 13.6. The number of phenolic OH excluding ortho intramolecular Hbond substituents is 1. The number of fused-ring (bicyclic) bond motifs is 4. The molecular weight excluding hydrogens is 372 g/mol. The summed E-state index contributed by atoms with van der Waals surface area (Å²) in [6.45, 7) is 1.15. The maximum atomic E-state index is 13.8. The molecule has 0 fully saturated rings. The van der Waals surface area contributed by atoms with E-state index in [2.05, 4.69) is 5.32 Å². The molecule has 5 rings (SSSR count). The lowest BCUT2D eigenvalue weighted by Crippen LogP contribution is -2.54. The first-order valence-electron chi connectivity index (χ1n) is 9.33. The van der Waals surface area contributed by atoms with Crippen LogP contribution in [0.2, 0.25) is 5.02 Å². The number of hydrogen-bond donors (Lipinski definition) is 2. The Bertz CT molecular complexity index is 1080. The van der Waals surface area contributed by atoms with E-state index in [0.29, 0.717) is 18.1 Å². The smallest absolute Gasteiger partial charge is 0.256 e. The van der Waals surface area contributed by atoms with E-state index in [1.54, 1.807) is 12.1 Å². The van der Waals surface area contributed by atoms with E-state index in [1.807, 2.05) is 59.5 Å². The molecule has 0 aromatic heterocycles. The molecule has 1 amide bonds. The summed E-state index contributed by atoms with van der Waals surface area (Å²) in [5.41, 5.74) is 3.91. The summed E-state index contributed by atoms with van der Waals surface area (Å²) in [7, 11) is 0. The molecule has 3 aromatic rings. The van der Waals surface area contributed by atoms with Gasteiger partial charge in [0.2, 0.25) is 0 Å². The summed E-state index contributed by atoms with van der Waals surface area (Å²) in [6.07, 6.45) is 0.776. The molecule has 3 aromatic carbocycles. The van der Waals surface area contributed by atoms with Crippen LogP contribution in [0.25, 0.3) is 0 Å². The van der Waals surface area contributed by atoms with E-state index in [9.17, 15) is 9.90 Å². The van der Waals surface area contributed by atoms with Crippen molar-refractivity contribution in [3.63, 3.8) is 0 Å². The average molecular weight is 391 g/mol. The number of phenols is 1. The lowest BCUT2D eigenvalue weighted by Gasteiger charge is -2.36. The minimum absolute atomic E-state index is 0.00953. The third kappa shape index (κ3) is 2.45. The van der Waals surface area contributed by atoms with Crippen molar-refractivity contribution in [2.45, 2.75) is 18.5 Å². The van der Waals surface area contributed by atoms with Gasteiger partial charge >= 0.3 is 0 Å². The highest BCUT2D eigenvalue weighted by atomic mass is 35.5. The molecule has 1 unspecified atom stereocenters. The SMILES string of the molecule is O=C1N(Cc2ccc(Cl)cc2)c2ccccc2C12NCCc1cc(O)ccc12. The molecule has 1 atom stereocenters. The largest absolute Gasteiger partial charge is 0.508 e. The number of halogens is 1. The van der Waals surface area contributed by atoms with Gasteiger partial charge in [-0.3, -0.25) is 10.1 Å². The van der Waals surface area contributed by atoms with Crippen molar-refractivity contribution in [3.8, 4) is 5.75 Å². The molecule has 5 heteroatoms. The summed E-state index contributed by atoms with van der Waals surface area (Å²) in [5, 5.41) is 14.1. The van der Waals surface area contributed by atoms with E-state index in [1.165, 1.54) is 0 Å². The molecule has 2 aliphatic heterocycles. The highest BCUT2D eigenvalue weighted by molar-refractivity contribution is 6.30. The third-order valence-electron chi connectivity index (χ3n) is 5.70. The van der Waals surface area contributed by atoms with Crippen LogP contribution in [0.15, 0.2) is 66.7 Å². The Morgan fingerprint density at radius 1 is 1.04 bits per heavy atom. The van der Waals surface area contributed by atoms with Gasteiger partial charge < -0.3 is 10.0 Å². The first kappa shape index (κ1) is 17.3. The molecular formula is C23H19ClN2O2. The van der Waals surface area contributed by atoms with Crippen molar-refractivity contribution >= 4 is 23.2 Å². The minimum atomic E-state index is -0.912. The molecule has 2 aliphatic rings. The second kappa shape index (κ2) is 6.36. The Labute approximate surface area is 168 Å². The topological polar surface area (TPSA) is 52.6 Å². The number of hydrogen-bond acceptors (Lipinski definition) is 3. The summed E-state index contributed by atoms with van der Waals surface area (Å²) >= 11 is 6.01. The molecule has 2 heterocycles. The minimum Gasteiger partial charge on any atom is -0.508 e. The number of carbonyl (C=O) groups is 1. The van der Waals surface area contributed by atoms with Crippen LogP contribution in [0.1, 0.15) is 22.3 Å². The maximum Gasteiger partial charge on any atom is 0.256 e. The van der Waals surface area contributed by atoms with Gasteiger partial charge in [0.05, 0.1) is 12.2 Å². The van der Waals surface area contributed by atoms with Crippen molar-refractivity contribution in [2.75, 3.05) is 11.4 Å². The summed E-state index contributed by atoms with van der Waals surface area (Å²) < 4.78 is 0. The van der Waals surface area contributed by atoms with Gasteiger partial charge in [0.1, 0.15) is 5.75 Å². The Kier molecular flexibility index (Phi) is 3.93. The van der Waals surface area contributed by atoms with Crippen LogP contribution in [-0.2, 0) is 23.3 Å². The molecule has 0 saturated carbocycles. The van der Waals surface area contributed by atoms with E-state index in [0.717, 1.165) is 34.4 Å². The van der Waals surface area contributed by atoms with E-state index in [4.69, 9.17) is 11.6 Å². The van der Waals surface area contributed by atoms with E-state index >= 15 is 0 Å². The van der Waals surface area contributed by atoms with Crippen molar-refractivity contribution in [3.05, 3.63) is 94.0 Å². The zero-order valence-corrected chi connectivity index (χ0v) is 15.9. The lowest BCUT2D eigenvalue weighted by molar-refractivity contribution is -0.123. The molecule has 2 N–H and O–H groups in total. The Balaban J connectivity index is 1.66. The van der Waals surface area contributed by atoms with Gasteiger partial charge in [0.15, 0.2) is 5.54 Å². The molecule has 0 saturated heterocycles. The number of nitrogens with zero attached hydrogens (tertiary/aromatic N) is 1. The van der Waals surface area contributed by atoms with Crippen LogP contribution in [-0.4, -0.2) is 17.6 Å². The Morgan fingerprint density at radius 3 is 2.64 bits per heavy atom.